The number of benzene rings is 1. The van der Waals surface area contributed by atoms with Gasteiger partial charge in [0, 0.05) is 18.2 Å². The number of aromatic nitrogens is 1. The number of ketones is 1. The summed E-state index contributed by atoms with van der Waals surface area (Å²) in [6.07, 6.45) is 0. The highest BCUT2D eigenvalue weighted by Crippen LogP contribution is 2.36. The molecule has 2 heterocycles. The Morgan fingerprint density at radius 1 is 1.32 bits per heavy atom. The highest BCUT2D eigenvalue weighted by atomic mass is 16.5. The van der Waals surface area contributed by atoms with Crippen LogP contribution in [0.2, 0.25) is 0 Å². The van der Waals surface area contributed by atoms with Crippen LogP contribution < -0.4 is 10.3 Å². The monoisotopic (exact) mass is 255 g/mol. The maximum Gasteiger partial charge on any atom is 0.261 e. The van der Waals surface area contributed by atoms with E-state index >= 15 is 0 Å². The van der Waals surface area contributed by atoms with Crippen molar-refractivity contribution in [2.45, 2.75) is 13.5 Å². The lowest BCUT2D eigenvalue weighted by Crippen LogP contribution is -2.27. The molecular formula is C15H13NO3. The number of pyridine rings is 1. The first-order valence-electron chi connectivity index (χ1n) is 6.05. The maximum atomic E-state index is 12.2. The van der Waals surface area contributed by atoms with E-state index in [0.717, 1.165) is 22.6 Å². The molecule has 96 valence electrons. The number of fused-ring (bicyclic) bond motifs is 3. The lowest BCUT2D eigenvalue weighted by Gasteiger charge is -2.23. The largest absolute Gasteiger partial charge is 0.488 e. The predicted molar refractivity (Wildman–Crippen MR) is 71.5 cm³/mol. The van der Waals surface area contributed by atoms with Gasteiger partial charge in [-0.2, -0.15) is 0 Å². The summed E-state index contributed by atoms with van der Waals surface area (Å²) < 4.78 is 7.19. The van der Waals surface area contributed by atoms with Crippen molar-refractivity contribution < 1.29 is 9.53 Å². The topological polar surface area (TPSA) is 48.3 Å². The molecule has 1 aliphatic heterocycles. The quantitative estimate of drug-likeness (QED) is 0.733. The molecule has 0 aliphatic carbocycles. The molecule has 1 aromatic carbocycles. The number of Topliss-reactive ketones (excluding diaryl/α,β-unsaturated/α-hetero) is 1. The molecule has 4 heteroatoms. The molecule has 0 atom stereocenters. The van der Waals surface area contributed by atoms with Gasteiger partial charge in [0.25, 0.3) is 5.56 Å². The van der Waals surface area contributed by atoms with E-state index in [1.165, 1.54) is 11.5 Å². The molecule has 0 saturated heterocycles. The Bertz CT molecular complexity index is 744. The van der Waals surface area contributed by atoms with E-state index in [1.54, 1.807) is 13.1 Å². The van der Waals surface area contributed by atoms with Crippen molar-refractivity contribution in [3.63, 3.8) is 0 Å². The number of hydrogen-bond acceptors (Lipinski definition) is 3. The van der Waals surface area contributed by atoms with Gasteiger partial charge >= 0.3 is 0 Å². The van der Waals surface area contributed by atoms with E-state index < -0.39 is 0 Å². The fraction of sp³-hybridized carbons (Fsp3) is 0.200. The third-order valence-corrected chi connectivity index (χ3v) is 3.40. The predicted octanol–water partition coefficient (Wildman–Crippen LogP) is 2.15. The minimum Gasteiger partial charge on any atom is -0.488 e. The number of nitrogens with zero attached hydrogens (tertiary/aromatic N) is 1. The van der Waals surface area contributed by atoms with Crippen LogP contribution in [-0.4, -0.2) is 10.4 Å². The summed E-state index contributed by atoms with van der Waals surface area (Å²) in [5.41, 5.74) is 2.54. The Kier molecular flexibility index (Phi) is 2.52. The van der Waals surface area contributed by atoms with Gasteiger partial charge < -0.3 is 9.30 Å². The van der Waals surface area contributed by atoms with Crippen molar-refractivity contribution in [3.05, 3.63) is 51.8 Å². The fourth-order valence-electron chi connectivity index (χ4n) is 2.46. The van der Waals surface area contributed by atoms with Crippen molar-refractivity contribution in [3.8, 4) is 17.0 Å². The Hall–Kier alpha value is -2.36. The van der Waals surface area contributed by atoms with Crippen LogP contribution in [0.15, 0.2) is 35.1 Å². The molecule has 0 amide bonds. The van der Waals surface area contributed by atoms with E-state index in [0.29, 0.717) is 6.61 Å². The van der Waals surface area contributed by atoms with E-state index in [-0.39, 0.29) is 16.9 Å². The summed E-state index contributed by atoms with van der Waals surface area (Å²) in [6, 6.07) is 9.24. The van der Waals surface area contributed by atoms with Gasteiger partial charge in [-0.25, -0.2) is 0 Å². The third-order valence-electron chi connectivity index (χ3n) is 3.40. The fourth-order valence-corrected chi connectivity index (χ4v) is 2.46. The summed E-state index contributed by atoms with van der Waals surface area (Å²) in [6.45, 7) is 1.78. The van der Waals surface area contributed by atoms with E-state index in [9.17, 15) is 9.59 Å². The number of hydrogen-bond donors (Lipinski definition) is 0. The van der Waals surface area contributed by atoms with Gasteiger partial charge in [-0.3, -0.25) is 9.59 Å². The second-order valence-corrected chi connectivity index (χ2v) is 4.64. The minimum atomic E-state index is -0.261. The third kappa shape index (κ3) is 1.68. The number of ether oxygens (including phenoxy) is 1. The molecule has 2 aromatic rings. The zero-order chi connectivity index (χ0) is 13.6. The molecule has 0 fully saturated rings. The second kappa shape index (κ2) is 4.09. The Morgan fingerprint density at radius 2 is 2.05 bits per heavy atom. The van der Waals surface area contributed by atoms with Gasteiger partial charge in [-0.1, -0.05) is 12.1 Å². The number of carbonyl (C=O) groups excluding carboxylic acids is 1. The van der Waals surface area contributed by atoms with E-state index in [2.05, 4.69) is 0 Å². The first kappa shape index (κ1) is 11.7. The molecule has 0 bridgehead atoms. The number of carbonyl (C=O) groups is 1. The summed E-state index contributed by atoms with van der Waals surface area (Å²) >= 11 is 0. The standard InChI is InChI=1S/C15H13NO3/c1-9(17)12-7-10-8-19-13-6-4-3-5-11(13)14(10)16(2)15(12)18/h3-7H,8H2,1-2H3. The molecule has 0 spiro atoms. The first-order valence-corrected chi connectivity index (χ1v) is 6.05. The molecule has 0 saturated carbocycles. The van der Waals surface area contributed by atoms with Crippen molar-refractivity contribution in [2.24, 2.45) is 7.05 Å². The highest BCUT2D eigenvalue weighted by Gasteiger charge is 2.22. The molecule has 19 heavy (non-hydrogen) atoms. The molecule has 1 aromatic heterocycles. The molecular weight excluding hydrogens is 242 g/mol. The van der Waals surface area contributed by atoms with Gasteiger partial charge in [-0.15, -0.1) is 0 Å². The molecule has 0 N–H and O–H groups in total. The van der Waals surface area contributed by atoms with Crippen molar-refractivity contribution in [2.75, 3.05) is 0 Å². The normalized spacial score (nSPS) is 12.3. The van der Waals surface area contributed by atoms with Crippen LogP contribution in [0.3, 0.4) is 0 Å². The average Bonchev–Trinajstić information content (AvgIpc) is 2.41. The lowest BCUT2D eigenvalue weighted by atomic mass is 10.00. The Morgan fingerprint density at radius 3 is 2.79 bits per heavy atom. The van der Waals surface area contributed by atoms with E-state index in [4.69, 9.17) is 4.74 Å². The summed E-state index contributed by atoms with van der Waals surface area (Å²) in [5, 5.41) is 0. The van der Waals surface area contributed by atoms with Crippen molar-refractivity contribution in [1.29, 1.82) is 0 Å². The summed E-state index contributed by atoms with van der Waals surface area (Å²) in [4.78, 5) is 23.7. The first-order chi connectivity index (χ1) is 9.09. The zero-order valence-corrected chi connectivity index (χ0v) is 10.8. The summed E-state index contributed by atoms with van der Waals surface area (Å²) in [5.74, 6) is 0.544. The molecule has 0 unspecified atom stereocenters. The van der Waals surface area contributed by atoms with Gasteiger partial charge in [0.05, 0.1) is 11.3 Å². The van der Waals surface area contributed by atoms with Crippen LogP contribution in [0, 0.1) is 0 Å². The van der Waals surface area contributed by atoms with Crippen LogP contribution in [-0.2, 0) is 13.7 Å². The minimum absolute atomic E-state index is 0.212. The number of rotatable bonds is 1. The van der Waals surface area contributed by atoms with Crippen molar-refractivity contribution >= 4 is 5.78 Å². The number of para-hydroxylation sites is 1. The smallest absolute Gasteiger partial charge is 0.261 e. The average molecular weight is 255 g/mol. The highest BCUT2D eigenvalue weighted by molar-refractivity contribution is 5.94. The Labute approximate surface area is 110 Å². The van der Waals surface area contributed by atoms with Gasteiger partial charge in [-0.05, 0) is 25.1 Å². The van der Waals surface area contributed by atoms with Gasteiger partial charge in [0.2, 0.25) is 0 Å². The molecule has 1 aliphatic rings. The van der Waals surface area contributed by atoms with Crippen LogP contribution in [0.5, 0.6) is 5.75 Å². The van der Waals surface area contributed by atoms with Crippen LogP contribution in [0.4, 0.5) is 0 Å². The van der Waals surface area contributed by atoms with Gasteiger partial charge in [0.1, 0.15) is 12.4 Å². The second-order valence-electron chi connectivity index (χ2n) is 4.64. The SMILES string of the molecule is CC(=O)c1cc2c(n(C)c1=O)-c1ccccc1OC2. The molecule has 4 nitrogen and oxygen atoms in total. The summed E-state index contributed by atoms with van der Waals surface area (Å²) in [7, 11) is 1.69. The molecule has 0 radical (unpaired) electrons. The van der Waals surface area contributed by atoms with Crippen LogP contribution >= 0.6 is 0 Å². The maximum absolute atomic E-state index is 12.2. The lowest BCUT2D eigenvalue weighted by molar-refractivity contribution is 0.101. The van der Waals surface area contributed by atoms with Crippen molar-refractivity contribution in [1.82, 2.24) is 4.57 Å². The zero-order valence-electron chi connectivity index (χ0n) is 10.8. The van der Waals surface area contributed by atoms with Crippen LogP contribution in [0.25, 0.3) is 11.3 Å². The van der Waals surface area contributed by atoms with Gasteiger partial charge in [0.15, 0.2) is 5.78 Å². The molecule has 3 rings (SSSR count). The van der Waals surface area contributed by atoms with E-state index in [1.807, 2.05) is 24.3 Å². The Balaban J connectivity index is 2.36. The van der Waals surface area contributed by atoms with Crippen LogP contribution in [0.1, 0.15) is 22.8 Å².